The van der Waals surface area contributed by atoms with Crippen molar-refractivity contribution in [2.75, 3.05) is 20.2 Å². The van der Waals surface area contributed by atoms with E-state index in [0.717, 1.165) is 30.5 Å². The third kappa shape index (κ3) is 4.52. The van der Waals surface area contributed by atoms with E-state index in [-0.39, 0.29) is 12.1 Å². The van der Waals surface area contributed by atoms with Crippen LogP contribution in [0.1, 0.15) is 44.2 Å². The summed E-state index contributed by atoms with van der Waals surface area (Å²) < 4.78 is 7.02. The zero-order valence-corrected chi connectivity index (χ0v) is 14.7. The summed E-state index contributed by atoms with van der Waals surface area (Å²) in [5.41, 5.74) is 7.69. The third-order valence-corrected chi connectivity index (χ3v) is 5.06. The van der Waals surface area contributed by atoms with Crippen LogP contribution in [0.4, 0.5) is 0 Å². The smallest absolute Gasteiger partial charge is 0.0702 e. The van der Waals surface area contributed by atoms with Crippen molar-refractivity contribution in [3.63, 3.8) is 0 Å². The minimum Gasteiger partial charge on any atom is -0.377 e. The van der Waals surface area contributed by atoms with Crippen LogP contribution in [0.3, 0.4) is 0 Å². The molecule has 1 aromatic rings. The Hall–Kier alpha value is -0.420. The first-order chi connectivity index (χ1) is 10.1. The van der Waals surface area contributed by atoms with Crippen molar-refractivity contribution >= 4 is 15.9 Å². The molecule has 0 amide bonds. The second-order valence-electron chi connectivity index (χ2n) is 5.97. The summed E-state index contributed by atoms with van der Waals surface area (Å²) in [6.45, 7) is 4.00. The minimum atomic E-state index is 0.122. The monoisotopic (exact) mass is 354 g/mol. The van der Waals surface area contributed by atoms with E-state index in [1.807, 2.05) is 6.07 Å². The van der Waals surface area contributed by atoms with Gasteiger partial charge in [0.15, 0.2) is 0 Å². The summed E-state index contributed by atoms with van der Waals surface area (Å²) in [4.78, 5) is 2.37. The van der Waals surface area contributed by atoms with Gasteiger partial charge in [-0.25, -0.2) is 0 Å². The lowest BCUT2D eigenvalue weighted by molar-refractivity contribution is -0.0104. The van der Waals surface area contributed by atoms with Gasteiger partial charge >= 0.3 is 0 Å². The lowest BCUT2D eigenvalue weighted by Gasteiger charge is -2.36. The third-order valence-electron chi connectivity index (χ3n) is 4.34. The predicted molar refractivity (Wildman–Crippen MR) is 91.4 cm³/mol. The zero-order valence-electron chi connectivity index (χ0n) is 13.1. The van der Waals surface area contributed by atoms with E-state index in [1.54, 1.807) is 0 Å². The van der Waals surface area contributed by atoms with Crippen molar-refractivity contribution in [3.05, 3.63) is 34.3 Å². The molecule has 3 unspecified atom stereocenters. The van der Waals surface area contributed by atoms with Crippen LogP contribution in [0.15, 0.2) is 28.7 Å². The molecular weight excluding hydrogens is 328 g/mol. The molecule has 1 aliphatic rings. The van der Waals surface area contributed by atoms with E-state index in [9.17, 15) is 0 Å². The molecule has 118 valence electrons. The highest BCUT2D eigenvalue weighted by atomic mass is 79.9. The molecule has 0 radical (unpaired) electrons. The topological polar surface area (TPSA) is 38.5 Å². The Morgan fingerprint density at radius 2 is 2.14 bits per heavy atom. The maximum Gasteiger partial charge on any atom is 0.0702 e. The number of likely N-dealkylation sites (N-methyl/N-ethyl adjacent to an activating group) is 1. The van der Waals surface area contributed by atoms with E-state index in [0.29, 0.717) is 6.10 Å². The van der Waals surface area contributed by atoms with Gasteiger partial charge in [0.2, 0.25) is 0 Å². The van der Waals surface area contributed by atoms with Gasteiger partial charge in [0, 0.05) is 23.7 Å². The highest BCUT2D eigenvalue weighted by Gasteiger charge is 2.27. The zero-order chi connectivity index (χ0) is 15.2. The number of benzene rings is 1. The predicted octanol–water partition coefficient (Wildman–Crippen LogP) is 3.73. The highest BCUT2D eigenvalue weighted by molar-refractivity contribution is 9.10. The van der Waals surface area contributed by atoms with Gasteiger partial charge in [-0.05, 0) is 44.4 Å². The molecule has 2 N–H and O–H groups in total. The molecule has 3 nitrogen and oxygen atoms in total. The van der Waals surface area contributed by atoms with Crippen molar-refractivity contribution in [2.45, 2.75) is 50.8 Å². The molecule has 3 atom stereocenters. The Kier molecular flexibility index (Phi) is 6.68. The molecule has 1 aromatic carbocycles. The summed E-state index contributed by atoms with van der Waals surface area (Å²) in [6.07, 6.45) is 4.94. The number of rotatable bonds is 6. The summed E-state index contributed by atoms with van der Waals surface area (Å²) in [5, 5.41) is 0. The Morgan fingerprint density at radius 3 is 2.76 bits per heavy atom. The Balaban J connectivity index is 2.13. The number of halogens is 1. The van der Waals surface area contributed by atoms with Gasteiger partial charge in [-0.1, -0.05) is 41.1 Å². The Labute approximate surface area is 137 Å². The normalized spacial score (nSPS) is 22.2. The fraction of sp³-hybridized carbons (Fsp3) is 0.647. The van der Waals surface area contributed by atoms with Gasteiger partial charge in [0.25, 0.3) is 0 Å². The van der Waals surface area contributed by atoms with Crippen LogP contribution >= 0.6 is 15.9 Å². The van der Waals surface area contributed by atoms with Crippen molar-refractivity contribution in [3.8, 4) is 0 Å². The molecule has 2 rings (SSSR count). The number of ether oxygens (including phenoxy) is 1. The van der Waals surface area contributed by atoms with Gasteiger partial charge in [-0.15, -0.1) is 0 Å². The van der Waals surface area contributed by atoms with Gasteiger partial charge in [-0.2, -0.15) is 0 Å². The molecule has 4 heteroatoms. The second kappa shape index (κ2) is 8.28. The average molecular weight is 355 g/mol. The minimum absolute atomic E-state index is 0.122. The van der Waals surface area contributed by atoms with Crippen LogP contribution < -0.4 is 5.73 Å². The molecule has 0 spiro atoms. The quantitative estimate of drug-likeness (QED) is 0.845. The molecule has 0 aliphatic carbocycles. The summed E-state index contributed by atoms with van der Waals surface area (Å²) >= 11 is 3.67. The Bertz CT molecular complexity index is 435. The van der Waals surface area contributed by atoms with Crippen LogP contribution in [0.5, 0.6) is 0 Å². The molecule has 0 aromatic heterocycles. The molecule has 1 fully saturated rings. The van der Waals surface area contributed by atoms with Crippen molar-refractivity contribution < 1.29 is 4.74 Å². The maximum absolute atomic E-state index is 6.42. The largest absolute Gasteiger partial charge is 0.377 e. The second-order valence-corrected chi connectivity index (χ2v) is 6.82. The molecule has 1 heterocycles. The molecule has 1 saturated heterocycles. The van der Waals surface area contributed by atoms with Crippen molar-refractivity contribution in [1.29, 1.82) is 0 Å². The van der Waals surface area contributed by atoms with Crippen LogP contribution in [-0.4, -0.2) is 37.2 Å². The number of nitrogens with zero attached hydrogens (tertiary/aromatic N) is 1. The first-order valence-corrected chi connectivity index (χ1v) is 8.74. The first kappa shape index (κ1) is 16.9. The fourth-order valence-electron chi connectivity index (χ4n) is 3.12. The summed E-state index contributed by atoms with van der Waals surface area (Å²) in [5.74, 6) is 0. The summed E-state index contributed by atoms with van der Waals surface area (Å²) in [6, 6.07) is 8.73. The maximum atomic E-state index is 6.42. The number of nitrogens with two attached hydrogens (primary N) is 1. The molecule has 0 bridgehead atoms. The molecule has 1 aliphatic heterocycles. The van der Waals surface area contributed by atoms with Crippen LogP contribution in [-0.2, 0) is 4.74 Å². The number of hydrogen-bond donors (Lipinski definition) is 1. The van der Waals surface area contributed by atoms with Gasteiger partial charge in [0.05, 0.1) is 12.1 Å². The van der Waals surface area contributed by atoms with Gasteiger partial charge in [0.1, 0.15) is 0 Å². The SMILES string of the molecule is CCC(N)C(c1ccccc1Br)N(C)CC1CCCCO1. The van der Waals surface area contributed by atoms with Crippen LogP contribution in [0, 0.1) is 0 Å². The average Bonchev–Trinajstić information content (AvgIpc) is 2.50. The molecule has 0 saturated carbocycles. The summed E-state index contributed by atoms with van der Waals surface area (Å²) in [7, 11) is 2.16. The van der Waals surface area contributed by atoms with Crippen molar-refractivity contribution in [1.82, 2.24) is 4.90 Å². The van der Waals surface area contributed by atoms with E-state index in [4.69, 9.17) is 10.5 Å². The van der Waals surface area contributed by atoms with Gasteiger partial charge < -0.3 is 10.5 Å². The standard InChI is InChI=1S/C17H27BrN2O/c1-3-16(19)17(14-9-4-5-10-15(14)18)20(2)12-13-8-6-7-11-21-13/h4-5,9-10,13,16-17H,3,6-8,11-12,19H2,1-2H3. The molecular formula is C17H27BrN2O. The van der Waals surface area contributed by atoms with Crippen molar-refractivity contribution in [2.24, 2.45) is 5.73 Å². The fourth-order valence-corrected chi connectivity index (χ4v) is 3.64. The van der Waals surface area contributed by atoms with E-state index >= 15 is 0 Å². The van der Waals surface area contributed by atoms with Crippen LogP contribution in [0.2, 0.25) is 0 Å². The lowest BCUT2D eigenvalue weighted by Crippen LogP contribution is -2.43. The van der Waals surface area contributed by atoms with E-state index in [2.05, 4.69) is 53.0 Å². The first-order valence-electron chi connectivity index (χ1n) is 7.95. The van der Waals surface area contributed by atoms with E-state index < -0.39 is 0 Å². The van der Waals surface area contributed by atoms with Gasteiger partial charge in [-0.3, -0.25) is 4.90 Å². The highest BCUT2D eigenvalue weighted by Crippen LogP contribution is 2.31. The van der Waals surface area contributed by atoms with E-state index in [1.165, 1.54) is 18.4 Å². The van der Waals surface area contributed by atoms with Crippen LogP contribution in [0.25, 0.3) is 0 Å². The molecule has 21 heavy (non-hydrogen) atoms. The Morgan fingerprint density at radius 1 is 1.38 bits per heavy atom. The number of hydrogen-bond acceptors (Lipinski definition) is 3. The lowest BCUT2D eigenvalue weighted by atomic mass is 9.96.